The molecule has 2 atom stereocenters. The lowest BCUT2D eigenvalue weighted by atomic mass is 10.1. The Labute approximate surface area is 91.6 Å². The van der Waals surface area contributed by atoms with Crippen molar-refractivity contribution in [1.29, 1.82) is 0 Å². The predicted molar refractivity (Wildman–Crippen MR) is 60.7 cm³/mol. The number of aryl methyl sites for hydroxylation is 1. The van der Waals surface area contributed by atoms with Crippen LogP contribution in [0.5, 0.6) is 0 Å². The Kier molecular flexibility index (Phi) is 4.78. The van der Waals surface area contributed by atoms with Crippen molar-refractivity contribution in [3.63, 3.8) is 0 Å². The van der Waals surface area contributed by atoms with Crippen molar-refractivity contribution in [1.82, 2.24) is 15.1 Å². The minimum absolute atomic E-state index is 0.131. The lowest BCUT2D eigenvalue weighted by Crippen LogP contribution is -2.32. The quantitative estimate of drug-likeness (QED) is 0.775. The van der Waals surface area contributed by atoms with E-state index in [1.807, 2.05) is 24.0 Å². The van der Waals surface area contributed by atoms with Crippen molar-refractivity contribution in [3.8, 4) is 0 Å². The maximum absolute atomic E-state index is 5.36. The molecule has 1 N–H and O–H groups in total. The first-order chi connectivity index (χ1) is 7.19. The van der Waals surface area contributed by atoms with E-state index < -0.39 is 0 Å². The highest BCUT2D eigenvalue weighted by molar-refractivity contribution is 5.07. The largest absolute Gasteiger partial charge is 0.380 e. The molecular weight excluding hydrogens is 190 g/mol. The Bertz CT molecular complexity index is 285. The zero-order chi connectivity index (χ0) is 11.3. The highest BCUT2D eigenvalue weighted by Gasteiger charge is 2.20. The number of methoxy groups -OCH3 is 1. The second kappa shape index (κ2) is 5.88. The summed E-state index contributed by atoms with van der Waals surface area (Å²) in [6.07, 6.45) is 3.20. The average molecular weight is 211 g/mol. The van der Waals surface area contributed by atoms with Gasteiger partial charge in [-0.3, -0.25) is 4.68 Å². The first-order valence-corrected chi connectivity index (χ1v) is 5.44. The van der Waals surface area contributed by atoms with Gasteiger partial charge in [0.25, 0.3) is 0 Å². The molecule has 4 nitrogen and oxygen atoms in total. The summed E-state index contributed by atoms with van der Waals surface area (Å²) in [5, 5.41) is 7.86. The summed E-state index contributed by atoms with van der Waals surface area (Å²) >= 11 is 0. The summed E-state index contributed by atoms with van der Waals surface area (Å²) in [7, 11) is 3.66. The molecule has 4 heteroatoms. The van der Waals surface area contributed by atoms with Crippen molar-refractivity contribution in [3.05, 3.63) is 18.0 Å². The van der Waals surface area contributed by atoms with Crippen molar-refractivity contribution >= 4 is 0 Å². The summed E-state index contributed by atoms with van der Waals surface area (Å²) in [6, 6.07) is 2.21. The summed E-state index contributed by atoms with van der Waals surface area (Å²) in [5.41, 5.74) is 1.04. The molecule has 1 aromatic rings. The Morgan fingerprint density at radius 3 is 2.80 bits per heavy atom. The lowest BCUT2D eigenvalue weighted by molar-refractivity contribution is 0.0814. The van der Waals surface area contributed by atoms with Crippen LogP contribution < -0.4 is 5.32 Å². The number of aromatic nitrogens is 2. The van der Waals surface area contributed by atoms with Gasteiger partial charge in [-0.2, -0.15) is 5.10 Å². The molecule has 86 valence electrons. The van der Waals surface area contributed by atoms with Gasteiger partial charge in [0.05, 0.1) is 17.8 Å². The van der Waals surface area contributed by atoms with Crippen LogP contribution in [-0.4, -0.2) is 29.5 Å². The molecule has 15 heavy (non-hydrogen) atoms. The molecule has 1 aromatic heterocycles. The molecule has 0 spiro atoms. The van der Waals surface area contributed by atoms with E-state index in [1.54, 1.807) is 7.11 Å². The molecule has 0 aliphatic rings. The summed E-state index contributed by atoms with van der Waals surface area (Å²) < 4.78 is 7.18. The third kappa shape index (κ3) is 3.32. The highest BCUT2D eigenvalue weighted by atomic mass is 16.5. The predicted octanol–water partition coefficient (Wildman–Crippen LogP) is 1.50. The van der Waals surface area contributed by atoms with Crippen molar-refractivity contribution < 1.29 is 4.74 Å². The highest BCUT2D eigenvalue weighted by Crippen LogP contribution is 2.16. The maximum atomic E-state index is 5.36. The monoisotopic (exact) mass is 211 g/mol. The Hall–Kier alpha value is -0.870. The summed E-state index contributed by atoms with van der Waals surface area (Å²) in [6.45, 7) is 5.19. The average Bonchev–Trinajstić information content (AvgIpc) is 2.65. The molecule has 0 amide bonds. The molecule has 0 aliphatic carbocycles. The molecule has 0 saturated heterocycles. The summed E-state index contributed by atoms with van der Waals surface area (Å²) in [4.78, 5) is 0. The molecule has 1 rings (SSSR count). The van der Waals surface area contributed by atoms with Crippen molar-refractivity contribution in [2.45, 2.75) is 32.4 Å². The normalized spacial score (nSPS) is 15.2. The minimum Gasteiger partial charge on any atom is -0.380 e. The van der Waals surface area contributed by atoms with E-state index in [-0.39, 0.29) is 12.1 Å². The molecule has 0 aromatic carbocycles. The van der Waals surface area contributed by atoms with Gasteiger partial charge in [0.2, 0.25) is 0 Å². The third-order valence-electron chi connectivity index (χ3n) is 2.51. The number of hydrogen-bond donors (Lipinski definition) is 1. The van der Waals surface area contributed by atoms with E-state index in [4.69, 9.17) is 4.74 Å². The zero-order valence-electron chi connectivity index (χ0n) is 10.0. The molecule has 0 bridgehead atoms. The minimum atomic E-state index is 0.131. The van der Waals surface area contributed by atoms with Crippen LogP contribution in [0, 0.1) is 0 Å². The third-order valence-corrected chi connectivity index (χ3v) is 2.51. The molecule has 2 unspecified atom stereocenters. The summed E-state index contributed by atoms with van der Waals surface area (Å²) in [5.74, 6) is 0. The SMILES string of the molecule is CCCNC(c1ccn(C)n1)C(C)OC. The van der Waals surface area contributed by atoms with E-state index in [0.717, 1.165) is 18.7 Å². The van der Waals surface area contributed by atoms with Crippen LogP contribution in [0.4, 0.5) is 0 Å². The zero-order valence-corrected chi connectivity index (χ0v) is 10.0. The number of hydrogen-bond acceptors (Lipinski definition) is 3. The topological polar surface area (TPSA) is 39.1 Å². The first kappa shape index (κ1) is 12.2. The van der Waals surface area contributed by atoms with Gasteiger partial charge in [-0.15, -0.1) is 0 Å². The van der Waals surface area contributed by atoms with E-state index in [2.05, 4.69) is 24.3 Å². The van der Waals surface area contributed by atoms with Crippen molar-refractivity contribution in [2.24, 2.45) is 7.05 Å². The lowest BCUT2D eigenvalue weighted by Gasteiger charge is -2.22. The Morgan fingerprint density at radius 1 is 1.60 bits per heavy atom. The Morgan fingerprint density at radius 2 is 2.33 bits per heavy atom. The molecule has 0 radical (unpaired) electrons. The van der Waals surface area contributed by atoms with Gasteiger partial charge in [-0.25, -0.2) is 0 Å². The van der Waals surface area contributed by atoms with Gasteiger partial charge in [-0.05, 0) is 26.0 Å². The molecule has 1 heterocycles. The van der Waals surface area contributed by atoms with E-state index >= 15 is 0 Å². The first-order valence-electron chi connectivity index (χ1n) is 5.44. The number of ether oxygens (including phenoxy) is 1. The van der Waals surface area contributed by atoms with Gasteiger partial charge in [0, 0.05) is 20.4 Å². The van der Waals surface area contributed by atoms with Crippen molar-refractivity contribution in [2.75, 3.05) is 13.7 Å². The number of rotatable bonds is 6. The second-order valence-corrected chi connectivity index (χ2v) is 3.79. The fraction of sp³-hybridized carbons (Fsp3) is 0.727. The van der Waals surface area contributed by atoms with Gasteiger partial charge in [-0.1, -0.05) is 6.92 Å². The number of nitrogens with one attached hydrogen (secondary N) is 1. The van der Waals surface area contributed by atoms with Crippen LogP contribution in [0.25, 0.3) is 0 Å². The van der Waals surface area contributed by atoms with Crippen LogP contribution in [0.2, 0.25) is 0 Å². The van der Waals surface area contributed by atoms with E-state index in [9.17, 15) is 0 Å². The van der Waals surface area contributed by atoms with Gasteiger partial charge in [0.1, 0.15) is 0 Å². The van der Waals surface area contributed by atoms with E-state index in [1.165, 1.54) is 0 Å². The number of nitrogens with zero attached hydrogens (tertiary/aromatic N) is 2. The van der Waals surface area contributed by atoms with Crippen LogP contribution >= 0.6 is 0 Å². The van der Waals surface area contributed by atoms with Crippen LogP contribution in [0.15, 0.2) is 12.3 Å². The van der Waals surface area contributed by atoms with Gasteiger partial charge < -0.3 is 10.1 Å². The van der Waals surface area contributed by atoms with Crippen LogP contribution in [-0.2, 0) is 11.8 Å². The standard InChI is InChI=1S/C11H21N3O/c1-5-7-12-11(9(2)15-4)10-6-8-14(3)13-10/h6,8-9,11-12H,5,7H2,1-4H3. The fourth-order valence-corrected chi connectivity index (χ4v) is 1.55. The van der Waals surface area contributed by atoms with Crippen LogP contribution in [0.1, 0.15) is 32.0 Å². The maximum Gasteiger partial charge on any atom is 0.0820 e. The Balaban J connectivity index is 2.71. The van der Waals surface area contributed by atoms with E-state index in [0.29, 0.717) is 0 Å². The van der Waals surface area contributed by atoms with Crippen LogP contribution in [0.3, 0.4) is 0 Å². The fourth-order valence-electron chi connectivity index (χ4n) is 1.55. The molecule has 0 saturated carbocycles. The molecule has 0 fully saturated rings. The van der Waals surface area contributed by atoms with Gasteiger partial charge >= 0.3 is 0 Å². The molecule has 0 aliphatic heterocycles. The second-order valence-electron chi connectivity index (χ2n) is 3.79. The smallest absolute Gasteiger partial charge is 0.0820 e. The molecular formula is C11H21N3O. The van der Waals surface area contributed by atoms with Gasteiger partial charge in [0.15, 0.2) is 0 Å².